The lowest BCUT2D eigenvalue weighted by atomic mass is 10.0. The van der Waals surface area contributed by atoms with Gasteiger partial charge in [-0.3, -0.25) is 14.5 Å². The fourth-order valence-electron chi connectivity index (χ4n) is 2.85. The first-order chi connectivity index (χ1) is 9.84. The maximum absolute atomic E-state index is 5.86. The molecule has 1 aliphatic rings. The van der Waals surface area contributed by atoms with E-state index in [0.29, 0.717) is 4.99 Å². The van der Waals surface area contributed by atoms with E-state index in [1.807, 2.05) is 0 Å². The highest BCUT2D eigenvalue weighted by atomic mass is 32.1. The Labute approximate surface area is 133 Å². The number of aromatic nitrogens is 2. The second-order valence-corrected chi connectivity index (χ2v) is 6.72. The van der Waals surface area contributed by atoms with Crippen LogP contribution in [0.5, 0.6) is 0 Å². The molecule has 5 nitrogen and oxygen atoms in total. The average molecular weight is 309 g/mol. The van der Waals surface area contributed by atoms with E-state index in [9.17, 15) is 0 Å². The van der Waals surface area contributed by atoms with Crippen LogP contribution < -0.4 is 5.73 Å². The first-order valence-corrected chi connectivity index (χ1v) is 8.06. The maximum Gasteiger partial charge on any atom is 0.0928 e. The van der Waals surface area contributed by atoms with Crippen molar-refractivity contribution in [1.82, 2.24) is 19.6 Å². The zero-order valence-corrected chi connectivity index (χ0v) is 14.4. The minimum atomic E-state index is -0.191. The van der Waals surface area contributed by atoms with E-state index in [4.69, 9.17) is 18.0 Å². The summed E-state index contributed by atoms with van der Waals surface area (Å²) >= 11 is 5.19. The topological polar surface area (TPSA) is 50.3 Å². The second kappa shape index (κ2) is 6.42. The van der Waals surface area contributed by atoms with E-state index in [-0.39, 0.29) is 5.54 Å². The van der Waals surface area contributed by atoms with Gasteiger partial charge in [-0.25, -0.2) is 0 Å². The number of thiocarbonyl (C=S) groups is 1. The summed E-state index contributed by atoms with van der Waals surface area (Å²) in [6.07, 6.45) is 0. The van der Waals surface area contributed by atoms with Crippen LogP contribution in [0.3, 0.4) is 0 Å². The largest absolute Gasteiger partial charge is 0.392 e. The number of rotatable bonds is 5. The fraction of sp³-hybridized carbons (Fsp3) is 0.733. The molecule has 6 heteroatoms. The van der Waals surface area contributed by atoms with Crippen LogP contribution in [0.25, 0.3) is 0 Å². The number of aryl methyl sites for hydroxylation is 2. The predicted octanol–water partition coefficient (Wildman–Crippen LogP) is 1.39. The van der Waals surface area contributed by atoms with Crippen molar-refractivity contribution in [2.24, 2.45) is 5.73 Å². The van der Waals surface area contributed by atoms with Crippen LogP contribution in [0.2, 0.25) is 0 Å². The van der Waals surface area contributed by atoms with Gasteiger partial charge in [0.1, 0.15) is 0 Å². The first kappa shape index (κ1) is 16.4. The number of nitrogens with two attached hydrogens (primary N) is 1. The van der Waals surface area contributed by atoms with Gasteiger partial charge in [-0.1, -0.05) is 12.2 Å². The number of piperazine rings is 1. The van der Waals surface area contributed by atoms with Gasteiger partial charge >= 0.3 is 0 Å². The minimum absolute atomic E-state index is 0.191. The molecule has 1 fully saturated rings. The van der Waals surface area contributed by atoms with Crippen molar-refractivity contribution < 1.29 is 0 Å². The zero-order chi connectivity index (χ0) is 15.6. The zero-order valence-electron chi connectivity index (χ0n) is 13.6. The molecule has 1 saturated heterocycles. The molecule has 0 unspecified atom stereocenters. The van der Waals surface area contributed by atoms with Crippen LogP contribution in [0.1, 0.15) is 32.2 Å². The summed E-state index contributed by atoms with van der Waals surface area (Å²) in [5.74, 6) is 0. The van der Waals surface area contributed by atoms with E-state index < -0.39 is 0 Å². The molecule has 0 aromatic carbocycles. The van der Waals surface area contributed by atoms with Gasteiger partial charge in [-0.15, -0.1) is 0 Å². The summed E-state index contributed by atoms with van der Waals surface area (Å²) in [7, 11) is 0. The molecule has 2 rings (SSSR count). The molecule has 0 aliphatic carbocycles. The predicted molar refractivity (Wildman–Crippen MR) is 90.4 cm³/mol. The van der Waals surface area contributed by atoms with Crippen LogP contribution in [0, 0.1) is 6.92 Å². The van der Waals surface area contributed by atoms with Gasteiger partial charge in [0, 0.05) is 39.3 Å². The van der Waals surface area contributed by atoms with Crippen LogP contribution in [0.15, 0.2) is 6.07 Å². The Hall–Kier alpha value is -0.980. The number of nitrogens with zero attached hydrogens (tertiary/aromatic N) is 4. The smallest absolute Gasteiger partial charge is 0.0928 e. The monoisotopic (exact) mass is 309 g/mol. The van der Waals surface area contributed by atoms with E-state index >= 15 is 0 Å². The SMILES string of the molecule is CCn1nc(C)cc1CN1CCN(C(C)(C)C(N)=S)CC1. The molecular formula is C15H27N5S. The lowest BCUT2D eigenvalue weighted by Gasteiger charge is -2.43. The van der Waals surface area contributed by atoms with Crippen LogP contribution >= 0.6 is 12.2 Å². The van der Waals surface area contributed by atoms with Crippen molar-refractivity contribution in [1.29, 1.82) is 0 Å². The van der Waals surface area contributed by atoms with Crippen molar-refractivity contribution in [3.63, 3.8) is 0 Å². The Bertz CT molecular complexity index is 500. The van der Waals surface area contributed by atoms with E-state index in [0.717, 1.165) is 45.0 Å². The van der Waals surface area contributed by atoms with Gasteiger partial charge in [-0.2, -0.15) is 5.10 Å². The van der Waals surface area contributed by atoms with Crippen molar-refractivity contribution in [2.45, 2.75) is 46.3 Å². The fourth-order valence-corrected chi connectivity index (χ4v) is 2.98. The van der Waals surface area contributed by atoms with Gasteiger partial charge in [-0.05, 0) is 33.8 Å². The van der Waals surface area contributed by atoms with Gasteiger partial charge in [0.25, 0.3) is 0 Å². The molecule has 0 radical (unpaired) electrons. The van der Waals surface area contributed by atoms with E-state index in [2.05, 4.69) is 53.3 Å². The van der Waals surface area contributed by atoms with Crippen molar-refractivity contribution in [2.75, 3.05) is 26.2 Å². The Morgan fingerprint density at radius 3 is 2.48 bits per heavy atom. The second-order valence-electron chi connectivity index (χ2n) is 6.28. The van der Waals surface area contributed by atoms with Crippen molar-refractivity contribution in [3.05, 3.63) is 17.5 Å². The molecule has 1 aliphatic heterocycles. The summed E-state index contributed by atoms with van der Waals surface area (Å²) < 4.78 is 2.10. The van der Waals surface area contributed by atoms with Gasteiger partial charge in [0.15, 0.2) is 0 Å². The Morgan fingerprint density at radius 2 is 1.95 bits per heavy atom. The van der Waals surface area contributed by atoms with Gasteiger partial charge in [0.05, 0.1) is 21.9 Å². The minimum Gasteiger partial charge on any atom is -0.392 e. The normalized spacial score (nSPS) is 18.1. The number of hydrogen-bond acceptors (Lipinski definition) is 4. The molecule has 1 aromatic rings. The maximum atomic E-state index is 5.86. The van der Waals surface area contributed by atoms with Crippen LogP contribution in [0.4, 0.5) is 0 Å². The highest BCUT2D eigenvalue weighted by Crippen LogP contribution is 2.18. The average Bonchev–Trinajstić information content (AvgIpc) is 2.79. The van der Waals surface area contributed by atoms with Crippen LogP contribution in [-0.4, -0.2) is 56.3 Å². The summed E-state index contributed by atoms with van der Waals surface area (Å²) in [5, 5.41) is 4.52. The summed E-state index contributed by atoms with van der Waals surface area (Å²) in [6, 6.07) is 2.19. The third-order valence-electron chi connectivity index (χ3n) is 4.44. The highest BCUT2D eigenvalue weighted by molar-refractivity contribution is 7.80. The third kappa shape index (κ3) is 3.62. The van der Waals surface area contributed by atoms with E-state index in [1.54, 1.807) is 0 Å². The molecular weight excluding hydrogens is 282 g/mol. The molecule has 0 amide bonds. The molecule has 1 aromatic heterocycles. The summed E-state index contributed by atoms with van der Waals surface area (Å²) in [4.78, 5) is 5.44. The molecule has 0 spiro atoms. The summed E-state index contributed by atoms with van der Waals surface area (Å²) in [5.41, 5.74) is 8.07. The molecule has 2 N–H and O–H groups in total. The number of hydrogen-bond donors (Lipinski definition) is 1. The van der Waals surface area contributed by atoms with Gasteiger partial charge < -0.3 is 5.73 Å². The Kier molecular flexibility index (Phi) is 5.01. The molecule has 0 saturated carbocycles. The third-order valence-corrected chi connectivity index (χ3v) is 4.94. The standard InChI is InChI=1S/C15H27N5S/c1-5-20-13(10-12(2)17-20)11-18-6-8-19(9-7-18)15(3,4)14(16)21/h10H,5-9,11H2,1-4H3,(H2,16,21). The van der Waals surface area contributed by atoms with Crippen LogP contribution in [-0.2, 0) is 13.1 Å². The molecule has 118 valence electrons. The lowest BCUT2D eigenvalue weighted by Crippen LogP contribution is -2.59. The molecule has 2 heterocycles. The Balaban J connectivity index is 1.94. The summed E-state index contributed by atoms with van der Waals surface area (Å²) in [6.45, 7) is 14.4. The van der Waals surface area contributed by atoms with E-state index in [1.165, 1.54) is 5.69 Å². The van der Waals surface area contributed by atoms with Crippen molar-refractivity contribution >= 4 is 17.2 Å². The molecule has 21 heavy (non-hydrogen) atoms. The Morgan fingerprint density at radius 1 is 1.33 bits per heavy atom. The molecule has 0 atom stereocenters. The molecule has 0 bridgehead atoms. The van der Waals surface area contributed by atoms with Crippen molar-refractivity contribution in [3.8, 4) is 0 Å². The van der Waals surface area contributed by atoms with Gasteiger partial charge in [0.2, 0.25) is 0 Å². The highest BCUT2D eigenvalue weighted by Gasteiger charge is 2.32. The quantitative estimate of drug-likeness (QED) is 0.833. The lowest BCUT2D eigenvalue weighted by molar-refractivity contribution is 0.0806. The first-order valence-electron chi connectivity index (χ1n) is 7.65.